The van der Waals surface area contributed by atoms with E-state index < -0.39 is 216 Å². The maximum Gasteiger partial charge on any atom is 1.00 e. The zero-order valence-corrected chi connectivity index (χ0v) is 67.2. The molecule has 0 saturated carbocycles. The molecule has 0 aliphatic carbocycles. The van der Waals surface area contributed by atoms with Crippen LogP contribution in [0.2, 0.25) is 0 Å². The average molecular weight is 1460 g/mol. The minimum absolute atomic E-state index is 0. The Morgan fingerprint density at radius 1 is 0.322 bits per heavy atom. The first-order valence-corrected chi connectivity index (χ1v) is 29.6. The summed E-state index contributed by atoms with van der Waals surface area (Å²) in [6.07, 6.45) is -0.625. The zero-order valence-electron chi connectivity index (χ0n) is 44.7. The van der Waals surface area contributed by atoms with Gasteiger partial charge in [-0.1, -0.05) is 0 Å². The summed E-state index contributed by atoms with van der Waals surface area (Å²) in [7, 11) is -47.1. The molecule has 54 heteroatoms. The fourth-order valence-electron chi connectivity index (χ4n) is 6.21. The Bertz CT molecular complexity index is 4300. The van der Waals surface area contributed by atoms with Crippen LogP contribution in [0.25, 0.3) is 44.6 Å². The van der Waals surface area contributed by atoms with E-state index in [4.69, 9.17) is 18.3 Å². The van der Waals surface area contributed by atoms with Gasteiger partial charge in [0, 0.05) is 41.8 Å². The van der Waals surface area contributed by atoms with Crippen molar-refractivity contribution in [1.29, 1.82) is 0 Å². The fourth-order valence-corrected chi connectivity index (χ4v) is 9.00. The quantitative estimate of drug-likeness (QED) is 0.0235. The third-order valence-electron chi connectivity index (χ3n) is 8.53. The molecule has 0 N–H and O–H groups in total. The predicted molar refractivity (Wildman–Crippen MR) is 234 cm³/mol. The van der Waals surface area contributed by atoms with Gasteiger partial charge in [-0.25, -0.2) is 67.3 Å². The van der Waals surface area contributed by atoms with E-state index in [1.807, 2.05) is 0 Å². The van der Waals surface area contributed by atoms with Gasteiger partial charge in [-0.15, -0.1) is 0 Å². The van der Waals surface area contributed by atoms with E-state index in [-0.39, 0.29) is 249 Å². The van der Waals surface area contributed by atoms with E-state index in [1.165, 1.54) is 0 Å². The molecule has 4 aromatic carbocycles. The summed E-state index contributed by atoms with van der Waals surface area (Å²) in [6.45, 7) is -1.76. The van der Waals surface area contributed by atoms with Crippen LogP contribution >= 0.6 is 0 Å². The maximum atomic E-state index is 14.0. The molecule has 0 fully saturated rings. The van der Waals surface area contributed by atoms with Crippen molar-refractivity contribution in [1.82, 2.24) is 0 Å². The summed E-state index contributed by atoms with van der Waals surface area (Å²) in [5, 5.41) is -2.10. The number of ether oxygens (including phenoxy) is 2. The molecule has 0 bridgehead atoms. The van der Waals surface area contributed by atoms with Crippen LogP contribution in [0.15, 0.2) is 79.1 Å². The van der Waals surface area contributed by atoms with Gasteiger partial charge in [0.15, 0.2) is 34.5 Å². The van der Waals surface area contributed by atoms with Crippen molar-refractivity contribution in [3.05, 3.63) is 81.1 Å². The molecule has 87 heavy (non-hydrogen) atoms. The molecule has 0 radical (unpaired) electrons. The van der Waals surface area contributed by atoms with Crippen LogP contribution in [0.4, 0.5) is 0 Å². The van der Waals surface area contributed by atoms with Crippen LogP contribution < -0.4 is 290 Å². The van der Waals surface area contributed by atoms with Gasteiger partial charge in [0.05, 0.1) is 13.2 Å². The fraction of sp³-hybridized carbons (Fsp3) is 0.0909. The summed E-state index contributed by atoms with van der Waals surface area (Å²) in [5.74, 6) is -15.8. The monoisotopic (exact) mass is 1460 g/mol. The van der Waals surface area contributed by atoms with Crippen molar-refractivity contribution in [2.45, 2.75) is 6.42 Å². The van der Waals surface area contributed by atoms with Crippen molar-refractivity contribution >= 4 is 105 Å². The van der Waals surface area contributed by atoms with E-state index in [1.54, 1.807) is 0 Å². The molecule has 2 heterocycles. The predicted octanol–water partition coefficient (Wildman–Crippen LogP) is -26.2. The Morgan fingerprint density at radius 3 is 0.851 bits per heavy atom. The van der Waals surface area contributed by atoms with Gasteiger partial charge in [-0.2, -0.15) is 0 Å². The van der Waals surface area contributed by atoms with Crippen molar-refractivity contribution in [3.8, 4) is 80.1 Å². The second kappa shape index (κ2) is 35.5. The molecule has 0 aliphatic heterocycles. The van der Waals surface area contributed by atoms with Crippen molar-refractivity contribution in [2.24, 2.45) is 0 Å². The minimum atomic E-state index is -6.09. The molecule has 38 nitrogen and oxygen atoms in total. The number of benzene rings is 4. The summed E-state index contributed by atoms with van der Waals surface area (Å²) in [6, 6.07) is 3.99. The van der Waals surface area contributed by atoms with Gasteiger partial charge in [0.2, 0.25) is 22.4 Å². The van der Waals surface area contributed by atoms with Crippen LogP contribution in [0, 0.1) is 0 Å². The zero-order chi connectivity index (χ0) is 59.2. The maximum absolute atomic E-state index is 14.0. The molecule has 0 amide bonds. The van der Waals surface area contributed by atoms with Gasteiger partial charge in [-0.3, -0.25) is 9.59 Å². The summed E-state index contributed by atoms with van der Waals surface area (Å²) >= 11 is 0. The summed E-state index contributed by atoms with van der Waals surface area (Å²) < 4.78 is 332. The molecular formula is C33H16Na8O38S8. The van der Waals surface area contributed by atoms with Gasteiger partial charge >= 0.3 is 236 Å². The Kier molecular flexibility index (Phi) is 37.5. The third kappa shape index (κ3) is 28.8. The van der Waals surface area contributed by atoms with Gasteiger partial charge in [0.25, 0.3) is 83.2 Å². The standard InChI is InChI=1S/C33H24O38S8.8Na/c34-28-26-22(10-16(64-72(36,37)38)12-24(26)62-30(32(28)70-78(54,55)56)14-2-4-18(66-74(42,43)44)20(8-14)68-76(48,49)50)60-6-1-7-61-23-11-17(65-73(39,40)41)13-25-27(23)29(35)33(71-79(57,58)59)31(63-25)15-3-5-19(67-75(45,46)47)21(9-15)69-77(51,52)53;;;;;;;;/h2-5,8-13H,1,6-7H2,(H,36,37,38)(H,39,40,41)(H,42,43,44)(H,45,46,47)(H,48,49,50)(H,51,52,53)(H,54,55,56)(H,57,58,59);;;;;;;;/q;8*+1/p-8. The number of hydrogen-bond acceptors (Lipinski definition) is 38. The molecule has 0 spiro atoms. The van der Waals surface area contributed by atoms with Crippen LogP contribution in [0.3, 0.4) is 0 Å². The minimum Gasteiger partial charge on any atom is -0.716 e. The molecule has 432 valence electrons. The Balaban J connectivity index is -0.00000882. The van der Waals surface area contributed by atoms with E-state index in [2.05, 4.69) is 33.5 Å². The third-order valence-corrected chi connectivity index (χ3v) is 11.6. The second-order valence-electron chi connectivity index (χ2n) is 14.1. The molecular weight excluding hydrogens is 1440 g/mol. The SMILES string of the molecule is O=c1c(OS(=O)(=O)[O-])c(-c2ccc(OS(=O)(=O)[O-])c(OS(=O)(=O)[O-])c2)oc2cc(OS(=O)(=O)[O-])cc(OCCCOc3cc(OS(=O)(=O)[O-])cc4oc(-c5ccc(OS(=O)(=O)[O-])c(OS(=O)(=O)[O-])c5)c(OS(=O)(=O)[O-])c(=O)c34)c12.[Na+].[Na+].[Na+].[Na+].[Na+].[Na+].[Na+].[Na+]. The van der Waals surface area contributed by atoms with Crippen LogP contribution in [0.1, 0.15) is 6.42 Å². The smallest absolute Gasteiger partial charge is 0.716 e. The van der Waals surface area contributed by atoms with Crippen LogP contribution in [-0.4, -0.2) is 117 Å². The number of hydrogen-bond donors (Lipinski definition) is 0. The molecule has 0 unspecified atom stereocenters. The molecule has 0 aliphatic rings. The molecule has 0 saturated heterocycles. The van der Waals surface area contributed by atoms with Crippen LogP contribution in [0.5, 0.6) is 57.5 Å². The van der Waals surface area contributed by atoms with Gasteiger partial charge in [0.1, 0.15) is 44.9 Å². The van der Waals surface area contributed by atoms with Gasteiger partial charge in [-0.05, 0) is 36.4 Å². The van der Waals surface area contributed by atoms with E-state index in [0.717, 1.165) is 0 Å². The number of rotatable bonds is 24. The van der Waals surface area contributed by atoms with E-state index in [9.17, 15) is 113 Å². The molecule has 2 aromatic heterocycles. The average Bonchev–Trinajstić information content (AvgIpc) is 3.22. The summed E-state index contributed by atoms with van der Waals surface area (Å²) in [5.41, 5.74) is -7.44. The Morgan fingerprint density at radius 2 is 0.586 bits per heavy atom. The van der Waals surface area contributed by atoms with Crippen molar-refractivity contribution < 1.29 is 392 Å². The van der Waals surface area contributed by atoms with Gasteiger partial charge < -0.3 is 88.2 Å². The summed E-state index contributed by atoms with van der Waals surface area (Å²) in [4.78, 5) is 28.0. The Labute approximate surface area is 666 Å². The first-order chi connectivity index (χ1) is 35.9. The van der Waals surface area contributed by atoms with Crippen molar-refractivity contribution in [2.75, 3.05) is 13.2 Å². The van der Waals surface area contributed by atoms with E-state index in [0.29, 0.717) is 48.5 Å². The first-order valence-electron chi connectivity index (χ1n) is 19.0. The van der Waals surface area contributed by atoms with E-state index >= 15 is 0 Å². The molecule has 0 atom stereocenters. The normalized spacial score (nSPS) is 11.7. The number of fused-ring (bicyclic) bond motifs is 2. The van der Waals surface area contributed by atoms with Crippen molar-refractivity contribution in [3.63, 3.8) is 0 Å². The second-order valence-corrected chi connectivity index (χ2v) is 21.9. The Hall–Kier alpha value is 0.580. The largest absolute Gasteiger partial charge is 1.00 e. The molecule has 6 aromatic rings. The molecule has 6 rings (SSSR count). The topological polar surface area (TPSA) is 610 Å². The van der Waals surface area contributed by atoms with Crippen LogP contribution in [-0.2, 0) is 83.2 Å². The first kappa shape index (κ1) is 91.8.